The van der Waals surface area contributed by atoms with Crippen LogP contribution in [0.3, 0.4) is 0 Å². The second-order valence-corrected chi connectivity index (χ2v) is 10.4. The van der Waals surface area contributed by atoms with E-state index >= 15 is 0 Å². The van der Waals surface area contributed by atoms with Gasteiger partial charge in [0, 0.05) is 5.02 Å². The van der Waals surface area contributed by atoms with Crippen LogP contribution in [0.15, 0.2) is 59.5 Å². The number of nitrogens with zero attached hydrogens (tertiary/aromatic N) is 2. The summed E-state index contributed by atoms with van der Waals surface area (Å²) in [6.07, 6.45) is -5.46. The van der Waals surface area contributed by atoms with Crippen molar-refractivity contribution in [3.8, 4) is 17.6 Å². The summed E-state index contributed by atoms with van der Waals surface area (Å²) in [5.41, 5.74) is -0.240. The minimum absolute atomic E-state index is 0.0367. The maximum Gasteiger partial charge on any atom is 0.493 e. The highest BCUT2D eigenvalue weighted by molar-refractivity contribution is 7.89. The number of nitriles is 1. The molecule has 3 rings (SSSR count). The van der Waals surface area contributed by atoms with Gasteiger partial charge in [-0.05, 0) is 54.1 Å². The van der Waals surface area contributed by atoms with Crippen LogP contribution in [0.5, 0.6) is 11.5 Å². The highest BCUT2D eigenvalue weighted by Crippen LogP contribution is 2.33. The fraction of sp³-hybridized carbons (Fsp3) is 0.0870. The number of benzene rings is 3. The van der Waals surface area contributed by atoms with Crippen LogP contribution in [0.1, 0.15) is 21.5 Å². The summed E-state index contributed by atoms with van der Waals surface area (Å²) < 4.78 is 67.5. The normalized spacial score (nSPS) is 11.4. The monoisotopic (exact) mass is 621 g/mol. The standard InChI is InChI=1S/C23H13Cl3F3N3O6S/c24-14-5-13(10-30)6-15(8-14)37-20-7-12(1-4-18(20)25)11-32(38-22(34)23(27,28)29)21(33)17-3-2-16(9-19(17)26)39(31,35)36/h1-9H,11H2,(H2,31,35,36). The molecule has 3 aromatic rings. The molecule has 39 heavy (non-hydrogen) atoms. The average molecular weight is 623 g/mol. The minimum Gasteiger partial charge on any atom is -0.456 e. The number of halogens is 6. The number of hydrogen-bond acceptors (Lipinski definition) is 7. The Morgan fingerprint density at radius 1 is 1.00 bits per heavy atom. The molecule has 3 aromatic carbocycles. The molecule has 0 bridgehead atoms. The Bertz CT molecular complexity index is 1610. The molecule has 0 saturated carbocycles. The molecule has 0 heterocycles. The first-order chi connectivity index (χ1) is 18.1. The van der Waals surface area contributed by atoms with Gasteiger partial charge < -0.3 is 9.57 Å². The quantitative estimate of drug-likeness (QED) is 0.352. The summed E-state index contributed by atoms with van der Waals surface area (Å²) in [5.74, 6) is -3.95. The molecular formula is C23H13Cl3F3N3O6S. The van der Waals surface area contributed by atoms with Crippen LogP contribution in [-0.4, -0.2) is 31.5 Å². The van der Waals surface area contributed by atoms with Gasteiger partial charge in [-0.15, -0.1) is 0 Å². The third-order valence-corrected chi connectivity index (χ3v) is 6.45. The Morgan fingerprint density at radius 3 is 2.28 bits per heavy atom. The zero-order chi connectivity index (χ0) is 29.1. The largest absolute Gasteiger partial charge is 0.493 e. The first kappa shape index (κ1) is 30.0. The van der Waals surface area contributed by atoms with E-state index in [1.54, 1.807) is 0 Å². The first-order valence-corrected chi connectivity index (χ1v) is 12.9. The van der Waals surface area contributed by atoms with Crippen LogP contribution in [0, 0.1) is 11.3 Å². The van der Waals surface area contributed by atoms with Gasteiger partial charge in [-0.3, -0.25) is 4.79 Å². The lowest BCUT2D eigenvalue weighted by Crippen LogP contribution is -2.38. The number of ether oxygens (including phenoxy) is 1. The number of hydroxylamine groups is 2. The maximum absolute atomic E-state index is 13.1. The van der Waals surface area contributed by atoms with Crippen molar-refractivity contribution >= 4 is 56.7 Å². The summed E-state index contributed by atoms with van der Waals surface area (Å²) in [5, 5.41) is 13.9. The molecule has 204 valence electrons. The van der Waals surface area contributed by atoms with Crippen molar-refractivity contribution in [2.45, 2.75) is 17.6 Å². The van der Waals surface area contributed by atoms with Crippen molar-refractivity contribution in [1.29, 1.82) is 5.26 Å². The predicted octanol–water partition coefficient (Wildman–Crippen LogP) is 5.62. The van der Waals surface area contributed by atoms with E-state index in [9.17, 15) is 31.2 Å². The van der Waals surface area contributed by atoms with Gasteiger partial charge in [-0.1, -0.05) is 40.9 Å². The molecule has 0 atom stereocenters. The Kier molecular flexibility index (Phi) is 8.99. The van der Waals surface area contributed by atoms with Crippen LogP contribution in [-0.2, 0) is 26.2 Å². The highest BCUT2D eigenvalue weighted by Gasteiger charge is 2.43. The average Bonchev–Trinajstić information content (AvgIpc) is 2.83. The van der Waals surface area contributed by atoms with E-state index in [0.29, 0.717) is 0 Å². The molecule has 0 aliphatic carbocycles. The van der Waals surface area contributed by atoms with Gasteiger partial charge in [0.2, 0.25) is 10.0 Å². The Hall–Kier alpha value is -3.54. The van der Waals surface area contributed by atoms with Gasteiger partial charge in [0.1, 0.15) is 11.5 Å². The van der Waals surface area contributed by atoms with Gasteiger partial charge in [0.05, 0.1) is 38.7 Å². The molecule has 0 aromatic heterocycles. The molecule has 0 saturated heterocycles. The number of carbonyl (C=O) groups excluding carboxylic acids is 2. The molecule has 1 amide bonds. The van der Waals surface area contributed by atoms with Crippen LogP contribution in [0.25, 0.3) is 0 Å². The van der Waals surface area contributed by atoms with Crippen molar-refractivity contribution in [2.75, 3.05) is 0 Å². The highest BCUT2D eigenvalue weighted by atomic mass is 35.5. The molecular weight excluding hydrogens is 610 g/mol. The number of carbonyl (C=O) groups is 2. The SMILES string of the molecule is N#Cc1cc(Cl)cc(Oc2cc(CN(OC(=O)C(F)(F)F)C(=O)c3ccc(S(N)(=O)=O)cc3Cl)ccc2Cl)c1. The van der Waals surface area contributed by atoms with Gasteiger partial charge in [0.15, 0.2) is 0 Å². The Labute approximate surface area is 234 Å². The fourth-order valence-corrected chi connectivity index (χ4v) is 4.23. The van der Waals surface area contributed by atoms with E-state index < -0.39 is 50.1 Å². The predicted molar refractivity (Wildman–Crippen MR) is 133 cm³/mol. The minimum atomic E-state index is -5.46. The van der Waals surface area contributed by atoms with Crippen molar-refractivity contribution in [1.82, 2.24) is 5.06 Å². The molecule has 2 N–H and O–H groups in total. The summed E-state index contributed by atoms with van der Waals surface area (Å²) in [7, 11) is -4.21. The van der Waals surface area contributed by atoms with E-state index in [4.69, 9.17) is 49.9 Å². The maximum atomic E-state index is 13.1. The van der Waals surface area contributed by atoms with Crippen molar-refractivity contribution < 1.29 is 40.8 Å². The van der Waals surface area contributed by atoms with Gasteiger partial charge >= 0.3 is 12.1 Å². The smallest absolute Gasteiger partial charge is 0.456 e. The number of sulfonamides is 1. The number of rotatable bonds is 6. The van der Waals surface area contributed by atoms with Gasteiger partial charge in [-0.25, -0.2) is 18.4 Å². The van der Waals surface area contributed by atoms with Gasteiger partial charge in [-0.2, -0.15) is 23.5 Å². The van der Waals surface area contributed by atoms with Crippen LogP contribution in [0.4, 0.5) is 13.2 Å². The Morgan fingerprint density at radius 2 is 1.69 bits per heavy atom. The summed E-state index contributed by atoms with van der Waals surface area (Å²) in [6.45, 7) is -0.750. The fourth-order valence-electron chi connectivity index (χ4n) is 2.98. The van der Waals surface area contributed by atoms with E-state index in [1.807, 2.05) is 6.07 Å². The zero-order valence-electron chi connectivity index (χ0n) is 19.0. The summed E-state index contributed by atoms with van der Waals surface area (Å²) >= 11 is 18.1. The third-order valence-electron chi connectivity index (χ3n) is 4.70. The molecule has 16 heteroatoms. The third kappa shape index (κ3) is 7.75. The molecule has 0 radical (unpaired) electrons. The summed E-state index contributed by atoms with van der Waals surface area (Å²) in [6, 6.07) is 12.4. The zero-order valence-corrected chi connectivity index (χ0v) is 22.1. The van der Waals surface area contributed by atoms with Crippen molar-refractivity contribution in [3.63, 3.8) is 0 Å². The molecule has 0 unspecified atom stereocenters. The molecule has 9 nitrogen and oxygen atoms in total. The van der Waals surface area contributed by atoms with Crippen molar-refractivity contribution in [3.05, 3.63) is 86.4 Å². The van der Waals surface area contributed by atoms with E-state index in [2.05, 4.69) is 4.84 Å². The first-order valence-electron chi connectivity index (χ1n) is 10.2. The van der Waals surface area contributed by atoms with Gasteiger partial charge in [0.25, 0.3) is 5.91 Å². The lowest BCUT2D eigenvalue weighted by molar-refractivity contribution is -0.230. The Balaban J connectivity index is 1.97. The number of nitrogens with two attached hydrogens (primary N) is 1. The number of alkyl halides is 3. The molecule has 0 fully saturated rings. The van der Waals surface area contributed by atoms with Crippen LogP contribution in [0.2, 0.25) is 15.1 Å². The molecule has 0 aliphatic rings. The lowest BCUT2D eigenvalue weighted by Gasteiger charge is -2.23. The van der Waals surface area contributed by atoms with E-state index in [1.165, 1.54) is 36.4 Å². The van der Waals surface area contributed by atoms with Crippen LogP contribution < -0.4 is 9.88 Å². The lowest BCUT2D eigenvalue weighted by atomic mass is 10.1. The second kappa shape index (κ2) is 11.7. The number of hydrogen-bond donors (Lipinski definition) is 1. The number of primary sulfonamides is 1. The van der Waals surface area contributed by atoms with E-state index in [-0.39, 0.29) is 37.7 Å². The van der Waals surface area contributed by atoms with Crippen LogP contribution >= 0.6 is 34.8 Å². The summed E-state index contributed by atoms with van der Waals surface area (Å²) in [4.78, 5) is 28.5. The van der Waals surface area contributed by atoms with Crippen molar-refractivity contribution in [2.24, 2.45) is 5.14 Å². The topological polar surface area (TPSA) is 140 Å². The number of amides is 1. The second-order valence-electron chi connectivity index (χ2n) is 7.56. The molecule has 0 aliphatic heterocycles. The molecule has 0 spiro atoms. The van der Waals surface area contributed by atoms with E-state index in [0.717, 1.165) is 18.2 Å².